The normalized spacial score (nSPS) is 10.5. The number of ether oxygens (including phenoxy) is 2. The lowest BCUT2D eigenvalue weighted by Crippen LogP contribution is -1.90. The minimum atomic E-state index is 0.752. The van der Waals surface area contributed by atoms with Crippen LogP contribution in [-0.4, -0.2) is 19.2 Å². The van der Waals surface area contributed by atoms with Gasteiger partial charge in [0.2, 0.25) is 0 Å². The number of benzene rings is 1. The first-order chi connectivity index (χ1) is 6.76. The maximum absolute atomic E-state index is 5.31. The first-order valence-corrected chi connectivity index (χ1v) is 4.46. The molecule has 2 rings (SSSR count). The summed E-state index contributed by atoms with van der Waals surface area (Å²) in [6.07, 6.45) is 0. The van der Waals surface area contributed by atoms with Gasteiger partial charge < -0.3 is 14.5 Å². The van der Waals surface area contributed by atoms with Crippen LogP contribution in [0.4, 0.5) is 0 Å². The van der Waals surface area contributed by atoms with Gasteiger partial charge in [0.25, 0.3) is 0 Å². The number of aromatic nitrogens is 1. The molecular formula is C11H13NO2. The van der Waals surface area contributed by atoms with Gasteiger partial charge in [-0.2, -0.15) is 0 Å². The average Bonchev–Trinajstić information content (AvgIpc) is 2.56. The van der Waals surface area contributed by atoms with Gasteiger partial charge in [-0.05, 0) is 25.1 Å². The zero-order chi connectivity index (χ0) is 10.1. The second-order valence-corrected chi connectivity index (χ2v) is 3.22. The topological polar surface area (TPSA) is 34.2 Å². The number of nitrogens with one attached hydrogen (secondary N) is 1. The van der Waals surface area contributed by atoms with E-state index in [9.17, 15) is 0 Å². The summed E-state index contributed by atoms with van der Waals surface area (Å²) in [5.41, 5.74) is 2.11. The zero-order valence-corrected chi connectivity index (χ0v) is 8.55. The minimum absolute atomic E-state index is 0.752. The third-order valence-electron chi connectivity index (χ3n) is 2.27. The number of fused-ring (bicyclic) bond motifs is 1. The molecule has 3 heteroatoms. The molecule has 1 N–H and O–H groups in total. The Labute approximate surface area is 82.6 Å². The molecule has 0 spiro atoms. The molecule has 14 heavy (non-hydrogen) atoms. The van der Waals surface area contributed by atoms with Crippen molar-refractivity contribution in [1.29, 1.82) is 0 Å². The third-order valence-corrected chi connectivity index (χ3v) is 2.27. The van der Waals surface area contributed by atoms with E-state index >= 15 is 0 Å². The summed E-state index contributed by atoms with van der Waals surface area (Å²) in [5.74, 6) is 1.51. The van der Waals surface area contributed by atoms with Gasteiger partial charge in [-0.15, -0.1) is 0 Å². The van der Waals surface area contributed by atoms with Crippen LogP contribution in [0.5, 0.6) is 11.5 Å². The highest BCUT2D eigenvalue weighted by Gasteiger charge is 2.09. The molecular weight excluding hydrogens is 178 g/mol. The first kappa shape index (κ1) is 8.94. The van der Waals surface area contributed by atoms with Crippen LogP contribution in [0.1, 0.15) is 5.69 Å². The Morgan fingerprint density at radius 1 is 1.14 bits per heavy atom. The molecule has 0 atom stereocenters. The van der Waals surface area contributed by atoms with Gasteiger partial charge in [0, 0.05) is 11.1 Å². The summed E-state index contributed by atoms with van der Waals surface area (Å²) in [6, 6.07) is 6.01. The Hall–Kier alpha value is -1.64. The van der Waals surface area contributed by atoms with Gasteiger partial charge in [0.05, 0.1) is 19.7 Å². The molecule has 1 aromatic heterocycles. The number of aromatic amines is 1. The fraction of sp³-hybridized carbons (Fsp3) is 0.273. The molecule has 0 amide bonds. The van der Waals surface area contributed by atoms with E-state index in [0.717, 1.165) is 28.1 Å². The molecule has 0 saturated carbocycles. The van der Waals surface area contributed by atoms with Crippen LogP contribution in [-0.2, 0) is 0 Å². The molecule has 0 fully saturated rings. The standard InChI is InChI=1S/C11H13NO2/c1-7-6-8-4-5-9(13-2)11(14-3)10(8)12-7/h4-6,12H,1-3H3. The van der Waals surface area contributed by atoms with Gasteiger partial charge in [-0.25, -0.2) is 0 Å². The van der Waals surface area contributed by atoms with Gasteiger partial charge in [0.15, 0.2) is 11.5 Å². The summed E-state index contributed by atoms with van der Waals surface area (Å²) < 4.78 is 10.5. The van der Waals surface area contributed by atoms with Crippen molar-refractivity contribution in [3.63, 3.8) is 0 Å². The Bertz CT molecular complexity index is 460. The van der Waals surface area contributed by atoms with Crippen LogP contribution in [0.25, 0.3) is 10.9 Å². The predicted octanol–water partition coefficient (Wildman–Crippen LogP) is 2.49. The molecule has 0 saturated heterocycles. The fourth-order valence-corrected chi connectivity index (χ4v) is 1.66. The minimum Gasteiger partial charge on any atom is -0.493 e. The Morgan fingerprint density at radius 3 is 2.57 bits per heavy atom. The van der Waals surface area contributed by atoms with E-state index in [1.54, 1.807) is 14.2 Å². The maximum Gasteiger partial charge on any atom is 0.184 e. The highest BCUT2D eigenvalue weighted by atomic mass is 16.5. The molecule has 0 aliphatic rings. The number of H-pyrrole nitrogens is 1. The van der Waals surface area contributed by atoms with Crippen LogP contribution >= 0.6 is 0 Å². The van der Waals surface area contributed by atoms with Crippen LogP contribution < -0.4 is 9.47 Å². The Morgan fingerprint density at radius 2 is 1.93 bits per heavy atom. The number of methoxy groups -OCH3 is 2. The summed E-state index contributed by atoms with van der Waals surface area (Å²) in [6.45, 7) is 2.02. The van der Waals surface area contributed by atoms with E-state index < -0.39 is 0 Å². The van der Waals surface area contributed by atoms with E-state index in [1.165, 1.54) is 0 Å². The van der Waals surface area contributed by atoms with Crippen molar-refractivity contribution in [3.05, 3.63) is 23.9 Å². The molecule has 1 heterocycles. The summed E-state index contributed by atoms with van der Waals surface area (Å²) in [7, 11) is 3.28. The van der Waals surface area contributed by atoms with E-state index in [2.05, 4.69) is 11.1 Å². The number of hydrogen-bond donors (Lipinski definition) is 1. The molecule has 3 nitrogen and oxygen atoms in total. The maximum atomic E-state index is 5.31. The second-order valence-electron chi connectivity index (χ2n) is 3.22. The predicted molar refractivity (Wildman–Crippen MR) is 56.1 cm³/mol. The summed E-state index contributed by atoms with van der Waals surface area (Å²) >= 11 is 0. The molecule has 0 aliphatic heterocycles. The lowest BCUT2D eigenvalue weighted by molar-refractivity contribution is 0.358. The Kier molecular flexibility index (Phi) is 2.08. The zero-order valence-electron chi connectivity index (χ0n) is 8.55. The van der Waals surface area contributed by atoms with Crippen LogP contribution in [0, 0.1) is 6.92 Å². The number of hydrogen-bond acceptors (Lipinski definition) is 2. The quantitative estimate of drug-likeness (QED) is 0.791. The highest BCUT2D eigenvalue weighted by molar-refractivity contribution is 5.88. The Balaban J connectivity index is 2.75. The van der Waals surface area contributed by atoms with Crippen molar-refractivity contribution in [1.82, 2.24) is 4.98 Å². The van der Waals surface area contributed by atoms with Gasteiger partial charge in [0.1, 0.15) is 0 Å². The van der Waals surface area contributed by atoms with Gasteiger partial charge >= 0.3 is 0 Å². The lowest BCUT2D eigenvalue weighted by atomic mass is 10.2. The lowest BCUT2D eigenvalue weighted by Gasteiger charge is -2.07. The molecule has 1 aromatic carbocycles. The van der Waals surface area contributed by atoms with Gasteiger partial charge in [-0.1, -0.05) is 0 Å². The molecule has 0 aliphatic carbocycles. The van der Waals surface area contributed by atoms with Crippen molar-refractivity contribution in [2.45, 2.75) is 6.92 Å². The van der Waals surface area contributed by atoms with E-state index in [4.69, 9.17) is 9.47 Å². The third kappa shape index (κ3) is 1.21. The summed E-state index contributed by atoms with van der Waals surface area (Å²) in [4.78, 5) is 3.25. The van der Waals surface area contributed by atoms with Crippen LogP contribution in [0.3, 0.4) is 0 Å². The van der Waals surface area contributed by atoms with Crippen molar-refractivity contribution < 1.29 is 9.47 Å². The van der Waals surface area contributed by atoms with E-state index in [-0.39, 0.29) is 0 Å². The monoisotopic (exact) mass is 191 g/mol. The second kappa shape index (κ2) is 3.25. The summed E-state index contributed by atoms with van der Waals surface area (Å²) in [5, 5.41) is 1.14. The molecule has 0 unspecified atom stereocenters. The van der Waals surface area contributed by atoms with Gasteiger partial charge in [-0.3, -0.25) is 0 Å². The van der Waals surface area contributed by atoms with Crippen LogP contribution in [0.2, 0.25) is 0 Å². The van der Waals surface area contributed by atoms with Crippen molar-refractivity contribution in [2.24, 2.45) is 0 Å². The molecule has 0 radical (unpaired) electrons. The SMILES string of the molecule is COc1ccc2cc(C)[nH]c2c1OC. The largest absolute Gasteiger partial charge is 0.493 e. The highest BCUT2D eigenvalue weighted by Crippen LogP contribution is 2.34. The molecule has 0 bridgehead atoms. The van der Waals surface area contributed by atoms with E-state index in [0.29, 0.717) is 0 Å². The smallest absolute Gasteiger partial charge is 0.184 e. The van der Waals surface area contributed by atoms with Crippen LogP contribution in [0.15, 0.2) is 18.2 Å². The van der Waals surface area contributed by atoms with Crippen molar-refractivity contribution in [3.8, 4) is 11.5 Å². The first-order valence-electron chi connectivity index (χ1n) is 4.46. The number of rotatable bonds is 2. The molecule has 74 valence electrons. The number of aryl methyl sites for hydroxylation is 1. The van der Waals surface area contributed by atoms with E-state index in [1.807, 2.05) is 19.1 Å². The fourth-order valence-electron chi connectivity index (χ4n) is 1.66. The van der Waals surface area contributed by atoms with Crippen molar-refractivity contribution >= 4 is 10.9 Å². The average molecular weight is 191 g/mol. The molecule has 2 aromatic rings. The van der Waals surface area contributed by atoms with Crippen molar-refractivity contribution in [2.75, 3.05) is 14.2 Å².